The molecule has 0 saturated heterocycles. The van der Waals surface area contributed by atoms with Gasteiger partial charge in [-0.1, -0.05) is 48.5 Å². The fourth-order valence-corrected chi connectivity index (χ4v) is 2.54. The van der Waals surface area contributed by atoms with Gasteiger partial charge in [0.1, 0.15) is 11.7 Å². The fourth-order valence-electron chi connectivity index (χ4n) is 2.54. The molecule has 0 fully saturated rings. The van der Waals surface area contributed by atoms with E-state index in [1.807, 2.05) is 24.3 Å². The molecule has 4 heteroatoms. The molecule has 2 rings (SSSR count). The number of carbonyl (C=O) groups is 2. The van der Waals surface area contributed by atoms with E-state index in [0.29, 0.717) is 11.1 Å². The minimum absolute atomic E-state index is 0.279. The SMILES string of the molecule is CC(O)C(=O)c1ccc(CCc2ccc(C(=O)C(C)(C)O)cc2)cc1. The first-order valence-corrected chi connectivity index (χ1v) is 8.36. The third kappa shape index (κ3) is 5.08. The Hall–Kier alpha value is -2.30. The quantitative estimate of drug-likeness (QED) is 0.760. The number of aryl methyl sites for hydroxylation is 2. The van der Waals surface area contributed by atoms with Crippen LogP contribution in [-0.2, 0) is 12.8 Å². The van der Waals surface area contributed by atoms with Crippen molar-refractivity contribution in [1.82, 2.24) is 0 Å². The van der Waals surface area contributed by atoms with Crippen LogP contribution >= 0.6 is 0 Å². The summed E-state index contributed by atoms with van der Waals surface area (Å²) in [5.74, 6) is -0.573. The Morgan fingerprint density at radius 3 is 1.64 bits per heavy atom. The number of hydrogen-bond donors (Lipinski definition) is 2. The Balaban J connectivity index is 1.97. The van der Waals surface area contributed by atoms with E-state index in [1.54, 1.807) is 24.3 Å². The van der Waals surface area contributed by atoms with E-state index < -0.39 is 11.7 Å². The van der Waals surface area contributed by atoms with Gasteiger partial charge in [-0.05, 0) is 44.7 Å². The van der Waals surface area contributed by atoms with Gasteiger partial charge in [0, 0.05) is 11.1 Å². The van der Waals surface area contributed by atoms with Crippen molar-refractivity contribution in [2.24, 2.45) is 0 Å². The molecule has 0 aliphatic heterocycles. The molecule has 0 heterocycles. The summed E-state index contributed by atoms with van der Waals surface area (Å²) in [4.78, 5) is 23.7. The summed E-state index contributed by atoms with van der Waals surface area (Å²) in [6.45, 7) is 4.42. The van der Waals surface area contributed by atoms with Crippen molar-refractivity contribution in [2.75, 3.05) is 0 Å². The summed E-state index contributed by atoms with van der Waals surface area (Å²) in [7, 11) is 0. The minimum Gasteiger partial charge on any atom is -0.385 e. The largest absolute Gasteiger partial charge is 0.385 e. The van der Waals surface area contributed by atoms with Gasteiger partial charge < -0.3 is 10.2 Å². The van der Waals surface area contributed by atoms with Crippen LogP contribution in [0.25, 0.3) is 0 Å². The van der Waals surface area contributed by atoms with Crippen LogP contribution in [0.2, 0.25) is 0 Å². The van der Waals surface area contributed by atoms with Gasteiger partial charge in [-0.25, -0.2) is 0 Å². The van der Waals surface area contributed by atoms with Crippen LogP contribution < -0.4 is 0 Å². The zero-order chi connectivity index (χ0) is 18.6. The maximum atomic E-state index is 12.0. The summed E-state index contributed by atoms with van der Waals surface area (Å²) in [5.41, 5.74) is 1.83. The Bertz CT molecular complexity index is 735. The number of aliphatic hydroxyl groups excluding tert-OH is 1. The summed E-state index contributed by atoms with van der Waals surface area (Å²) in [6, 6.07) is 14.5. The number of ketones is 2. The van der Waals surface area contributed by atoms with Gasteiger partial charge in [-0.15, -0.1) is 0 Å². The Morgan fingerprint density at radius 1 is 0.880 bits per heavy atom. The minimum atomic E-state index is -1.37. The second-order valence-electron chi connectivity index (χ2n) is 6.82. The first-order valence-electron chi connectivity index (χ1n) is 8.36. The normalized spacial score (nSPS) is 12.7. The molecule has 0 amide bonds. The van der Waals surface area contributed by atoms with Crippen LogP contribution in [0.3, 0.4) is 0 Å². The predicted molar refractivity (Wildman–Crippen MR) is 96.9 cm³/mol. The average molecular weight is 340 g/mol. The van der Waals surface area contributed by atoms with Crippen molar-refractivity contribution in [3.63, 3.8) is 0 Å². The smallest absolute Gasteiger partial charge is 0.193 e. The van der Waals surface area contributed by atoms with Crippen molar-refractivity contribution < 1.29 is 19.8 Å². The van der Waals surface area contributed by atoms with E-state index in [2.05, 4.69) is 0 Å². The lowest BCUT2D eigenvalue weighted by Gasteiger charge is -2.15. The molecule has 0 bridgehead atoms. The van der Waals surface area contributed by atoms with E-state index in [0.717, 1.165) is 24.0 Å². The van der Waals surface area contributed by atoms with Gasteiger partial charge in [-0.3, -0.25) is 9.59 Å². The number of Topliss-reactive ketones (excluding diaryl/α,β-unsaturated/α-hetero) is 2. The highest BCUT2D eigenvalue weighted by atomic mass is 16.3. The molecule has 0 radical (unpaired) electrons. The lowest BCUT2D eigenvalue weighted by atomic mass is 9.95. The number of benzene rings is 2. The second kappa shape index (κ2) is 7.72. The molecule has 132 valence electrons. The van der Waals surface area contributed by atoms with Crippen molar-refractivity contribution in [2.45, 2.75) is 45.3 Å². The predicted octanol–water partition coefficient (Wildman–Crippen LogP) is 2.99. The summed E-state index contributed by atoms with van der Waals surface area (Å²) in [5, 5.41) is 19.1. The maximum absolute atomic E-state index is 12.0. The summed E-state index contributed by atoms with van der Waals surface area (Å²) in [6.07, 6.45) is 0.624. The molecular weight excluding hydrogens is 316 g/mol. The first-order chi connectivity index (χ1) is 11.7. The molecule has 0 saturated carbocycles. The fraction of sp³-hybridized carbons (Fsp3) is 0.333. The number of hydrogen-bond acceptors (Lipinski definition) is 4. The first kappa shape index (κ1) is 19.0. The van der Waals surface area contributed by atoms with Gasteiger partial charge in [0.05, 0.1) is 0 Å². The lowest BCUT2D eigenvalue weighted by molar-refractivity contribution is 0.0488. The summed E-state index contributed by atoms with van der Waals surface area (Å²) >= 11 is 0. The highest BCUT2D eigenvalue weighted by Crippen LogP contribution is 2.15. The molecule has 0 aliphatic rings. The van der Waals surface area contributed by atoms with E-state index in [1.165, 1.54) is 20.8 Å². The zero-order valence-electron chi connectivity index (χ0n) is 14.8. The molecule has 2 aromatic rings. The number of rotatable bonds is 7. The molecule has 25 heavy (non-hydrogen) atoms. The van der Waals surface area contributed by atoms with Crippen LogP contribution in [-0.4, -0.2) is 33.5 Å². The molecule has 0 aromatic heterocycles. The van der Waals surface area contributed by atoms with Crippen LogP contribution in [0.15, 0.2) is 48.5 Å². The topological polar surface area (TPSA) is 74.6 Å². The van der Waals surface area contributed by atoms with Gasteiger partial charge >= 0.3 is 0 Å². The van der Waals surface area contributed by atoms with Crippen molar-refractivity contribution >= 4 is 11.6 Å². The van der Waals surface area contributed by atoms with Gasteiger partial charge in [0.2, 0.25) is 0 Å². The maximum Gasteiger partial charge on any atom is 0.193 e. The second-order valence-corrected chi connectivity index (χ2v) is 6.82. The zero-order valence-corrected chi connectivity index (χ0v) is 14.8. The Kier molecular flexibility index (Phi) is 5.88. The Labute approximate surface area is 148 Å². The van der Waals surface area contributed by atoms with Gasteiger partial charge in [0.15, 0.2) is 11.6 Å². The third-order valence-electron chi connectivity index (χ3n) is 4.09. The highest BCUT2D eigenvalue weighted by Gasteiger charge is 2.24. The number of carbonyl (C=O) groups excluding carboxylic acids is 2. The van der Waals surface area contributed by atoms with E-state index >= 15 is 0 Å². The standard InChI is InChI=1S/C21H24O4/c1-14(22)19(23)17-10-6-15(7-11-17)4-5-16-8-12-18(13-9-16)20(24)21(2,3)25/h6-14,22,25H,4-5H2,1-3H3. The van der Waals surface area contributed by atoms with Crippen LogP contribution in [0.4, 0.5) is 0 Å². The molecule has 1 unspecified atom stereocenters. The molecule has 1 atom stereocenters. The molecule has 0 spiro atoms. The lowest BCUT2D eigenvalue weighted by Crippen LogP contribution is -2.31. The van der Waals surface area contributed by atoms with Crippen molar-refractivity contribution in [1.29, 1.82) is 0 Å². The van der Waals surface area contributed by atoms with Gasteiger partial charge in [0.25, 0.3) is 0 Å². The van der Waals surface area contributed by atoms with E-state index in [-0.39, 0.29) is 11.6 Å². The summed E-state index contributed by atoms with van der Waals surface area (Å²) < 4.78 is 0. The molecule has 0 aliphatic carbocycles. The monoisotopic (exact) mass is 340 g/mol. The number of aliphatic hydroxyl groups is 2. The van der Waals surface area contributed by atoms with Crippen LogP contribution in [0, 0.1) is 0 Å². The Morgan fingerprint density at radius 2 is 1.28 bits per heavy atom. The van der Waals surface area contributed by atoms with Crippen molar-refractivity contribution in [3.8, 4) is 0 Å². The molecule has 2 aromatic carbocycles. The van der Waals surface area contributed by atoms with Crippen molar-refractivity contribution in [3.05, 3.63) is 70.8 Å². The molecule has 2 N–H and O–H groups in total. The third-order valence-corrected chi connectivity index (χ3v) is 4.09. The van der Waals surface area contributed by atoms with Gasteiger partial charge in [-0.2, -0.15) is 0 Å². The molecular formula is C21H24O4. The highest BCUT2D eigenvalue weighted by molar-refractivity contribution is 6.01. The van der Waals surface area contributed by atoms with Crippen LogP contribution in [0.5, 0.6) is 0 Å². The average Bonchev–Trinajstić information content (AvgIpc) is 2.58. The van der Waals surface area contributed by atoms with Crippen LogP contribution in [0.1, 0.15) is 52.6 Å². The molecule has 4 nitrogen and oxygen atoms in total. The van der Waals surface area contributed by atoms with E-state index in [4.69, 9.17) is 0 Å². The van der Waals surface area contributed by atoms with E-state index in [9.17, 15) is 19.8 Å².